The Morgan fingerprint density at radius 2 is 1.39 bits per heavy atom. The lowest BCUT2D eigenvalue weighted by atomic mass is 9.91. The lowest BCUT2D eigenvalue weighted by Gasteiger charge is -2.43. The molecule has 8 heteroatoms. The first-order valence-corrected chi connectivity index (χ1v) is 9.66. The average Bonchev–Trinajstić information content (AvgIpc) is 2.95. The van der Waals surface area contributed by atoms with Crippen LogP contribution in [-0.2, 0) is 9.59 Å². The van der Waals surface area contributed by atoms with Gasteiger partial charge in [0.05, 0.1) is 11.1 Å². The number of amides is 6. The topological polar surface area (TPSA) is 95.1 Å². The SMILES string of the molecule is CCC1C(=O)N(C2CCCCC2)C(=O)N(N2C(=O)c3ccccc3C2=O)C1=O. The second kappa shape index (κ2) is 6.85. The number of benzene rings is 1. The number of nitrogens with zero attached hydrogens (tertiary/aromatic N) is 3. The van der Waals surface area contributed by atoms with Crippen LogP contribution in [0.4, 0.5) is 4.79 Å². The van der Waals surface area contributed by atoms with E-state index in [0.717, 1.165) is 24.2 Å². The summed E-state index contributed by atoms with van der Waals surface area (Å²) in [6.07, 6.45) is 4.33. The number of hydrogen-bond acceptors (Lipinski definition) is 5. The van der Waals surface area contributed by atoms with E-state index < -0.39 is 35.6 Å². The van der Waals surface area contributed by atoms with Crippen LogP contribution in [0.25, 0.3) is 0 Å². The summed E-state index contributed by atoms with van der Waals surface area (Å²) in [4.78, 5) is 65.8. The third kappa shape index (κ3) is 2.55. The summed E-state index contributed by atoms with van der Waals surface area (Å²) < 4.78 is 0. The lowest BCUT2D eigenvalue weighted by Crippen LogP contribution is -2.67. The molecule has 0 spiro atoms. The van der Waals surface area contributed by atoms with Crippen molar-refractivity contribution in [2.45, 2.75) is 51.5 Å². The summed E-state index contributed by atoms with van der Waals surface area (Å²) in [5.74, 6) is -3.88. The Morgan fingerprint density at radius 1 is 0.821 bits per heavy atom. The number of carbonyl (C=O) groups is 5. The summed E-state index contributed by atoms with van der Waals surface area (Å²) in [6.45, 7) is 1.68. The number of hydrogen-bond donors (Lipinski definition) is 0. The molecule has 1 atom stereocenters. The van der Waals surface area contributed by atoms with E-state index in [2.05, 4.69) is 0 Å². The number of barbiturate groups is 1. The van der Waals surface area contributed by atoms with Gasteiger partial charge in [0.1, 0.15) is 5.92 Å². The van der Waals surface area contributed by atoms with Gasteiger partial charge in [-0.15, -0.1) is 0 Å². The molecule has 28 heavy (non-hydrogen) atoms. The number of carbonyl (C=O) groups excluding carboxylic acids is 5. The first kappa shape index (κ1) is 18.3. The van der Waals surface area contributed by atoms with Gasteiger partial charge in [-0.2, -0.15) is 10.0 Å². The van der Waals surface area contributed by atoms with Gasteiger partial charge in [-0.25, -0.2) is 4.79 Å². The maximum absolute atomic E-state index is 13.2. The summed E-state index contributed by atoms with van der Waals surface area (Å²) >= 11 is 0. The lowest BCUT2D eigenvalue weighted by molar-refractivity contribution is -0.158. The fourth-order valence-corrected chi connectivity index (χ4v) is 4.28. The van der Waals surface area contributed by atoms with Crippen molar-refractivity contribution in [1.82, 2.24) is 14.9 Å². The van der Waals surface area contributed by atoms with Gasteiger partial charge < -0.3 is 0 Å². The van der Waals surface area contributed by atoms with Gasteiger partial charge in [0.25, 0.3) is 17.7 Å². The number of rotatable bonds is 3. The first-order valence-electron chi connectivity index (χ1n) is 9.66. The van der Waals surface area contributed by atoms with E-state index in [1.54, 1.807) is 19.1 Å². The number of urea groups is 1. The Labute approximate surface area is 162 Å². The molecule has 6 amide bonds. The molecule has 4 rings (SSSR count). The second-order valence-electron chi connectivity index (χ2n) is 7.36. The Bertz CT molecular complexity index is 855. The van der Waals surface area contributed by atoms with Crippen molar-refractivity contribution in [3.8, 4) is 0 Å². The molecule has 8 nitrogen and oxygen atoms in total. The minimum Gasteiger partial charge on any atom is -0.273 e. The van der Waals surface area contributed by atoms with Crippen LogP contribution < -0.4 is 0 Å². The first-order chi connectivity index (χ1) is 13.5. The van der Waals surface area contributed by atoms with E-state index in [9.17, 15) is 24.0 Å². The molecule has 0 radical (unpaired) electrons. The summed E-state index contributed by atoms with van der Waals surface area (Å²) in [7, 11) is 0. The second-order valence-corrected chi connectivity index (χ2v) is 7.36. The van der Waals surface area contributed by atoms with Crippen molar-refractivity contribution < 1.29 is 24.0 Å². The monoisotopic (exact) mass is 383 g/mol. The molecule has 0 aromatic heterocycles. The van der Waals surface area contributed by atoms with E-state index in [0.29, 0.717) is 22.9 Å². The van der Waals surface area contributed by atoms with Crippen molar-refractivity contribution >= 4 is 29.7 Å². The quantitative estimate of drug-likeness (QED) is 0.590. The molecule has 3 aliphatic rings. The highest BCUT2D eigenvalue weighted by Crippen LogP contribution is 2.33. The van der Waals surface area contributed by atoms with Crippen LogP contribution >= 0.6 is 0 Å². The van der Waals surface area contributed by atoms with Crippen molar-refractivity contribution in [2.75, 3.05) is 0 Å². The molecule has 1 aliphatic carbocycles. The molecule has 1 aromatic rings. The van der Waals surface area contributed by atoms with Crippen molar-refractivity contribution in [2.24, 2.45) is 5.92 Å². The van der Waals surface area contributed by atoms with Crippen molar-refractivity contribution in [3.63, 3.8) is 0 Å². The molecular weight excluding hydrogens is 362 g/mol. The molecule has 2 heterocycles. The van der Waals surface area contributed by atoms with Crippen molar-refractivity contribution in [3.05, 3.63) is 35.4 Å². The van der Waals surface area contributed by atoms with E-state index in [-0.39, 0.29) is 23.6 Å². The minimum atomic E-state index is -1.08. The summed E-state index contributed by atoms with van der Waals surface area (Å²) in [5, 5.41) is 1.19. The van der Waals surface area contributed by atoms with Crippen LogP contribution in [0.5, 0.6) is 0 Å². The van der Waals surface area contributed by atoms with Gasteiger partial charge in [-0.05, 0) is 31.4 Å². The highest BCUT2D eigenvalue weighted by atomic mass is 16.2. The molecule has 1 unspecified atom stereocenters. The van der Waals surface area contributed by atoms with Crippen LogP contribution in [0, 0.1) is 5.92 Å². The molecule has 1 aromatic carbocycles. The molecule has 1 saturated carbocycles. The van der Waals surface area contributed by atoms with Gasteiger partial charge in [0, 0.05) is 6.04 Å². The van der Waals surface area contributed by atoms with E-state index >= 15 is 0 Å². The van der Waals surface area contributed by atoms with E-state index in [1.165, 1.54) is 12.1 Å². The zero-order valence-corrected chi connectivity index (χ0v) is 15.6. The maximum Gasteiger partial charge on any atom is 0.353 e. The molecule has 146 valence electrons. The Hall–Kier alpha value is -3.03. The van der Waals surface area contributed by atoms with Gasteiger partial charge in [0.15, 0.2) is 0 Å². The van der Waals surface area contributed by atoms with Crippen LogP contribution in [0.3, 0.4) is 0 Å². The summed E-state index contributed by atoms with van der Waals surface area (Å²) in [5.41, 5.74) is 0.282. The molecule has 2 aliphatic heterocycles. The van der Waals surface area contributed by atoms with Gasteiger partial charge >= 0.3 is 6.03 Å². The standard InChI is InChI=1S/C20H21N3O5/c1-2-13-16(24)21(12-8-4-3-5-9-12)20(28)23(17(13)25)22-18(26)14-10-6-7-11-15(14)19(22)27/h6-7,10-13H,2-5,8-9H2,1H3. The van der Waals surface area contributed by atoms with Gasteiger partial charge in [-0.3, -0.25) is 24.1 Å². The number of fused-ring (bicyclic) bond motifs is 1. The Morgan fingerprint density at radius 3 is 1.93 bits per heavy atom. The minimum absolute atomic E-state index is 0.141. The normalized spacial score (nSPS) is 23.7. The molecule has 2 fully saturated rings. The fraction of sp³-hybridized carbons (Fsp3) is 0.450. The predicted octanol–water partition coefficient (Wildman–Crippen LogP) is 2.35. The zero-order valence-electron chi connectivity index (χ0n) is 15.6. The Balaban J connectivity index is 1.74. The van der Waals surface area contributed by atoms with Gasteiger partial charge in [-0.1, -0.05) is 38.3 Å². The fourth-order valence-electron chi connectivity index (χ4n) is 4.28. The Kier molecular flexibility index (Phi) is 4.49. The average molecular weight is 383 g/mol. The molecular formula is C20H21N3O5. The number of hydrazine groups is 1. The molecule has 0 N–H and O–H groups in total. The van der Waals surface area contributed by atoms with Crippen LogP contribution in [0.15, 0.2) is 24.3 Å². The van der Waals surface area contributed by atoms with Crippen molar-refractivity contribution in [1.29, 1.82) is 0 Å². The molecule has 0 bridgehead atoms. The van der Waals surface area contributed by atoms with Crippen LogP contribution in [0.1, 0.15) is 66.2 Å². The summed E-state index contributed by atoms with van der Waals surface area (Å²) in [6, 6.07) is 4.97. The molecule has 1 saturated heterocycles. The van der Waals surface area contributed by atoms with E-state index in [4.69, 9.17) is 0 Å². The third-order valence-electron chi connectivity index (χ3n) is 5.75. The van der Waals surface area contributed by atoms with Crippen LogP contribution in [0.2, 0.25) is 0 Å². The highest BCUT2D eigenvalue weighted by Gasteiger charge is 2.54. The number of imide groups is 3. The zero-order chi connectivity index (χ0) is 20.0. The predicted molar refractivity (Wildman–Crippen MR) is 96.7 cm³/mol. The van der Waals surface area contributed by atoms with Crippen LogP contribution in [-0.4, -0.2) is 50.6 Å². The third-order valence-corrected chi connectivity index (χ3v) is 5.75. The highest BCUT2D eigenvalue weighted by molar-refractivity contribution is 6.25. The van der Waals surface area contributed by atoms with Gasteiger partial charge in [0.2, 0.25) is 5.91 Å². The maximum atomic E-state index is 13.2. The smallest absolute Gasteiger partial charge is 0.273 e. The largest absolute Gasteiger partial charge is 0.353 e. The van der Waals surface area contributed by atoms with E-state index in [1.807, 2.05) is 0 Å².